The minimum atomic E-state index is 0.652. The Labute approximate surface area is 120 Å². The van der Waals surface area contributed by atoms with Gasteiger partial charge in [-0.3, -0.25) is 0 Å². The number of nitriles is 1. The van der Waals surface area contributed by atoms with Crippen molar-refractivity contribution < 1.29 is 0 Å². The van der Waals surface area contributed by atoms with Crippen molar-refractivity contribution in [2.45, 2.75) is 19.9 Å². The first kappa shape index (κ1) is 12.7. The van der Waals surface area contributed by atoms with E-state index in [-0.39, 0.29) is 0 Å². The van der Waals surface area contributed by atoms with Crippen LogP contribution in [-0.2, 0) is 13.0 Å². The Hall–Kier alpha value is -2.27. The maximum atomic E-state index is 9.23. The molecule has 0 fully saturated rings. The van der Waals surface area contributed by atoms with Crippen molar-refractivity contribution in [3.63, 3.8) is 0 Å². The van der Waals surface area contributed by atoms with Gasteiger partial charge in [-0.1, -0.05) is 43.3 Å². The smallest absolute Gasteiger partial charge is 0.0995 e. The van der Waals surface area contributed by atoms with E-state index in [1.54, 1.807) is 0 Å². The summed E-state index contributed by atoms with van der Waals surface area (Å²) >= 11 is 0. The Morgan fingerprint density at radius 1 is 1.15 bits per heavy atom. The Balaban J connectivity index is 1.93. The van der Waals surface area contributed by atoms with Crippen LogP contribution >= 0.6 is 0 Å². The van der Waals surface area contributed by atoms with Crippen molar-refractivity contribution in [2.75, 3.05) is 11.4 Å². The lowest BCUT2D eigenvalue weighted by molar-refractivity contribution is 0.530. The van der Waals surface area contributed by atoms with Crippen LogP contribution in [0, 0.1) is 17.2 Å². The Kier molecular flexibility index (Phi) is 3.43. The van der Waals surface area contributed by atoms with Gasteiger partial charge in [0.05, 0.1) is 11.6 Å². The molecule has 1 unspecified atom stereocenters. The molecule has 2 nitrogen and oxygen atoms in total. The quantitative estimate of drug-likeness (QED) is 0.824. The van der Waals surface area contributed by atoms with E-state index in [4.69, 9.17) is 0 Å². The second-order valence-electron chi connectivity index (χ2n) is 5.59. The summed E-state index contributed by atoms with van der Waals surface area (Å²) in [5, 5.41) is 9.23. The second-order valence-corrected chi connectivity index (χ2v) is 5.59. The van der Waals surface area contributed by atoms with E-state index in [0.29, 0.717) is 5.92 Å². The molecule has 1 aliphatic rings. The Morgan fingerprint density at radius 2 is 1.90 bits per heavy atom. The highest BCUT2D eigenvalue weighted by Crippen LogP contribution is 2.30. The Morgan fingerprint density at radius 3 is 2.75 bits per heavy atom. The van der Waals surface area contributed by atoms with E-state index >= 15 is 0 Å². The van der Waals surface area contributed by atoms with Gasteiger partial charge in [0.1, 0.15) is 0 Å². The fraction of sp³-hybridized carbons (Fsp3) is 0.278. The fourth-order valence-electron chi connectivity index (χ4n) is 3.03. The molecule has 0 saturated carbocycles. The zero-order valence-corrected chi connectivity index (χ0v) is 11.7. The van der Waals surface area contributed by atoms with Gasteiger partial charge in [-0.2, -0.15) is 5.26 Å². The molecule has 2 aromatic rings. The zero-order chi connectivity index (χ0) is 13.9. The number of hydrogen-bond acceptors (Lipinski definition) is 2. The van der Waals surface area contributed by atoms with Crippen LogP contribution in [0.4, 0.5) is 5.69 Å². The van der Waals surface area contributed by atoms with Crippen molar-refractivity contribution in [1.82, 2.24) is 0 Å². The third-order valence-corrected chi connectivity index (χ3v) is 3.93. The number of nitrogens with zero attached hydrogens (tertiary/aromatic N) is 2. The van der Waals surface area contributed by atoms with E-state index in [1.165, 1.54) is 11.3 Å². The lowest BCUT2D eigenvalue weighted by atomic mass is 9.93. The molecule has 0 aromatic heterocycles. The van der Waals surface area contributed by atoms with Crippen molar-refractivity contribution in [1.29, 1.82) is 5.26 Å². The molecule has 0 amide bonds. The molecule has 0 saturated heterocycles. The molecule has 100 valence electrons. The van der Waals surface area contributed by atoms with Gasteiger partial charge in [-0.15, -0.1) is 0 Å². The first-order valence-corrected chi connectivity index (χ1v) is 7.09. The lowest BCUT2D eigenvalue weighted by Gasteiger charge is -2.35. The highest BCUT2D eigenvalue weighted by molar-refractivity contribution is 5.56. The monoisotopic (exact) mass is 262 g/mol. The zero-order valence-electron chi connectivity index (χ0n) is 11.7. The maximum absolute atomic E-state index is 9.23. The molecule has 1 heterocycles. The van der Waals surface area contributed by atoms with Gasteiger partial charge in [-0.05, 0) is 35.6 Å². The molecule has 3 rings (SSSR count). The number of hydrogen-bond donors (Lipinski definition) is 0. The lowest BCUT2D eigenvalue weighted by Crippen LogP contribution is -2.33. The van der Waals surface area contributed by atoms with Gasteiger partial charge in [0.25, 0.3) is 0 Å². The highest BCUT2D eigenvalue weighted by Gasteiger charge is 2.21. The van der Waals surface area contributed by atoms with Gasteiger partial charge in [0, 0.05) is 18.8 Å². The summed E-state index contributed by atoms with van der Waals surface area (Å²) in [7, 11) is 0. The number of fused-ring (bicyclic) bond motifs is 1. The molecule has 0 aliphatic carbocycles. The molecule has 2 aromatic carbocycles. The third-order valence-electron chi connectivity index (χ3n) is 3.93. The highest BCUT2D eigenvalue weighted by atomic mass is 15.1. The average Bonchev–Trinajstić information content (AvgIpc) is 2.47. The summed E-state index contributed by atoms with van der Waals surface area (Å²) in [6.07, 6.45) is 1.15. The predicted octanol–water partition coefficient (Wildman–Crippen LogP) is 3.76. The summed E-state index contributed by atoms with van der Waals surface area (Å²) in [4.78, 5) is 2.40. The summed E-state index contributed by atoms with van der Waals surface area (Å²) < 4.78 is 0. The van der Waals surface area contributed by atoms with Crippen LogP contribution in [-0.4, -0.2) is 6.54 Å². The first-order valence-electron chi connectivity index (χ1n) is 7.09. The molecule has 1 aliphatic heterocycles. The fourth-order valence-corrected chi connectivity index (χ4v) is 3.03. The van der Waals surface area contributed by atoms with Gasteiger partial charge >= 0.3 is 0 Å². The molecule has 0 spiro atoms. The van der Waals surface area contributed by atoms with Gasteiger partial charge in [-0.25, -0.2) is 0 Å². The van der Waals surface area contributed by atoms with Gasteiger partial charge in [0.15, 0.2) is 0 Å². The molecule has 20 heavy (non-hydrogen) atoms. The summed E-state index contributed by atoms with van der Waals surface area (Å²) in [5.41, 5.74) is 4.63. The van der Waals surface area contributed by atoms with E-state index in [9.17, 15) is 5.26 Å². The molecule has 2 heteroatoms. The second kappa shape index (κ2) is 5.38. The van der Waals surface area contributed by atoms with Crippen LogP contribution in [0.25, 0.3) is 0 Å². The van der Waals surface area contributed by atoms with Crippen LogP contribution < -0.4 is 4.90 Å². The van der Waals surface area contributed by atoms with E-state index in [1.807, 2.05) is 18.2 Å². The van der Waals surface area contributed by atoms with Gasteiger partial charge in [0.2, 0.25) is 0 Å². The molecule has 0 radical (unpaired) electrons. The van der Waals surface area contributed by atoms with Crippen molar-refractivity contribution in [3.8, 4) is 6.07 Å². The number of para-hydroxylation sites is 1. The van der Waals surface area contributed by atoms with Crippen molar-refractivity contribution in [2.24, 2.45) is 5.92 Å². The normalized spacial score (nSPS) is 17.4. The van der Waals surface area contributed by atoms with Crippen molar-refractivity contribution in [3.05, 3.63) is 65.2 Å². The molecule has 1 atom stereocenters. The predicted molar refractivity (Wildman–Crippen MR) is 81.5 cm³/mol. The topological polar surface area (TPSA) is 27.0 Å². The van der Waals surface area contributed by atoms with Crippen LogP contribution in [0.1, 0.15) is 23.6 Å². The number of rotatable bonds is 2. The Bertz CT molecular complexity index is 654. The largest absolute Gasteiger partial charge is 0.367 e. The van der Waals surface area contributed by atoms with Crippen LogP contribution in [0.15, 0.2) is 48.5 Å². The summed E-state index contributed by atoms with van der Waals surface area (Å²) in [6.45, 7) is 4.15. The van der Waals surface area contributed by atoms with Crippen LogP contribution in [0.5, 0.6) is 0 Å². The van der Waals surface area contributed by atoms with E-state index in [2.05, 4.69) is 48.2 Å². The average molecular weight is 262 g/mol. The number of benzene rings is 2. The number of anilines is 1. The minimum absolute atomic E-state index is 0.652. The summed E-state index contributed by atoms with van der Waals surface area (Å²) in [6, 6.07) is 18.8. The van der Waals surface area contributed by atoms with Crippen LogP contribution in [0.3, 0.4) is 0 Å². The molecular weight excluding hydrogens is 244 g/mol. The van der Waals surface area contributed by atoms with E-state index < -0.39 is 0 Å². The minimum Gasteiger partial charge on any atom is -0.367 e. The third kappa shape index (κ3) is 2.40. The maximum Gasteiger partial charge on any atom is 0.0995 e. The van der Waals surface area contributed by atoms with Gasteiger partial charge < -0.3 is 4.90 Å². The summed E-state index contributed by atoms with van der Waals surface area (Å²) in [5.74, 6) is 0.652. The van der Waals surface area contributed by atoms with Crippen LogP contribution in [0.2, 0.25) is 0 Å². The first-order chi connectivity index (χ1) is 9.78. The standard InChI is InChI=1S/C18H18N2/c1-14-10-15-6-4-5-9-18(15)20(12-14)13-17-8-3-2-7-16(17)11-19/h2-9,14H,10,12-13H2,1H3. The molecular formula is C18H18N2. The van der Waals surface area contributed by atoms with E-state index in [0.717, 1.165) is 30.6 Å². The SMILES string of the molecule is CC1Cc2ccccc2N(Cc2ccccc2C#N)C1. The van der Waals surface area contributed by atoms with Crippen molar-refractivity contribution >= 4 is 5.69 Å². The molecule has 0 bridgehead atoms. The molecule has 0 N–H and O–H groups in total.